The fraction of sp³-hybridized carbons (Fsp3) is 0.125. The van der Waals surface area contributed by atoms with Gasteiger partial charge in [0.1, 0.15) is 17.8 Å². The number of carbonyl (C=O) groups is 1. The second-order valence-electron chi connectivity index (χ2n) is 4.96. The van der Waals surface area contributed by atoms with Crippen molar-refractivity contribution in [1.82, 2.24) is 20.2 Å². The number of benzene rings is 2. The van der Waals surface area contributed by atoms with Crippen molar-refractivity contribution in [3.63, 3.8) is 0 Å². The van der Waals surface area contributed by atoms with Crippen molar-refractivity contribution >= 4 is 23.2 Å². The number of aromatic nitrogens is 4. The van der Waals surface area contributed by atoms with Gasteiger partial charge >= 0.3 is 0 Å². The minimum atomic E-state index is -0.170. The lowest BCUT2D eigenvalue weighted by Gasteiger charge is -2.11. The van der Waals surface area contributed by atoms with Gasteiger partial charge in [-0.3, -0.25) is 4.79 Å². The average Bonchev–Trinajstić information content (AvgIpc) is 3.11. The normalized spacial score (nSPS) is 10.4. The van der Waals surface area contributed by atoms with Crippen LogP contribution >= 0.6 is 11.6 Å². The Labute approximate surface area is 143 Å². The van der Waals surface area contributed by atoms with E-state index in [9.17, 15) is 4.79 Å². The lowest BCUT2D eigenvalue weighted by molar-refractivity contribution is -0.115. The van der Waals surface area contributed by atoms with E-state index in [-0.39, 0.29) is 12.3 Å². The summed E-state index contributed by atoms with van der Waals surface area (Å²) in [5.74, 6) is 0.419. The van der Waals surface area contributed by atoms with Crippen LogP contribution in [0.25, 0.3) is 5.69 Å². The van der Waals surface area contributed by atoms with Gasteiger partial charge in [-0.1, -0.05) is 29.8 Å². The minimum Gasteiger partial charge on any atom is -0.494 e. The average molecular weight is 344 g/mol. The number of amides is 1. The van der Waals surface area contributed by atoms with Gasteiger partial charge in [-0.2, -0.15) is 4.68 Å². The second kappa shape index (κ2) is 7.10. The molecule has 0 aliphatic rings. The molecule has 3 aromatic rings. The summed E-state index contributed by atoms with van der Waals surface area (Å²) in [6, 6.07) is 12.5. The summed E-state index contributed by atoms with van der Waals surface area (Å²) in [5, 5.41) is 14.5. The zero-order valence-electron chi connectivity index (χ0n) is 12.8. The van der Waals surface area contributed by atoms with E-state index in [1.165, 1.54) is 11.0 Å². The van der Waals surface area contributed by atoms with Crippen LogP contribution in [0.15, 0.2) is 48.8 Å². The third-order valence-corrected chi connectivity index (χ3v) is 3.74. The van der Waals surface area contributed by atoms with Gasteiger partial charge in [0, 0.05) is 10.7 Å². The van der Waals surface area contributed by atoms with Gasteiger partial charge < -0.3 is 10.1 Å². The monoisotopic (exact) mass is 343 g/mol. The van der Waals surface area contributed by atoms with E-state index in [4.69, 9.17) is 16.3 Å². The Morgan fingerprint density at radius 1 is 1.29 bits per heavy atom. The maximum Gasteiger partial charge on any atom is 0.228 e. The number of carbonyl (C=O) groups excluding carboxylic acids is 1. The first-order valence-electron chi connectivity index (χ1n) is 7.12. The molecule has 0 atom stereocenters. The lowest BCUT2D eigenvalue weighted by Crippen LogP contribution is -2.15. The van der Waals surface area contributed by atoms with Gasteiger partial charge in [0.05, 0.1) is 13.5 Å². The van der Waals surface area contributed by atoms with Crippen molar-refractivity contribution in [3.05, 3.63) is 59.4 Å². The number of rotatable bonds is 5. The first kappa shape index (κ1) is 15.9. The number of methoxy groups -OCH3 is 1. The van der Waals surface area contributed by atoms with Crippen molar-refractivity contribution < 1.29 is 9.53 Å². The van der Waals surface area contributed by atoms with Crippen LogP contribution in [0, 0.1) is 0 Å². The van der Waals surface area contributed by atoms with Gasteiger partial charge in [-0.05, 0) is 40.3 Å². The molecule has 0 radical (unpaired) electrons. The molecular formula is C16H14ClN5O2. The molecule has 2 aromatic carbocycles. The van der Waals surface area contributed by atoms with E-state index in [2.05, 4.69) is 20.8 Å². The third kappa shape index (κ3) is 3.52. The van der Waals surface area contributed by atoms with Crippen LogP contribution in [0.1, 0.15) is 5.56 Å². The summed E-state index contributed by atoms with van der Waals surface area (Å²) in [6.07, 6.45) is 1.64. The summed E-state index contributed by atoms with van der Waals surface area (Å²) in [5.41, 5.74) is 2.00. The molecule has 1 amide bonds. The van der Waals surface area contributed by atoms with Gasteiger partial charge in [0.2, 0.25) is 5.91 Å². The fourth-order valence-corrected chi connectivity index (χ4v) is 2.44. The highest BCUT2D eigenvalue weighted by molar-refractivity contribution is 6.31. The molecule has 3 rings (SSSR count). The number of nitrogens with one attached hydrogen (secondary N) is 1. The quantitative estimate of drug-likeness (QED) is 0.769. The molecule has 24 heavy (non-hydrogen) atoms. The number of ether oxygens (including phenoxy) is 1. The molecule has 1 heterocycles. The van der Waals surface area contributed by atoms with Crippen molar-refractivity contribution in [2.75, 3.05) is 12.4 Å². The molecule has 122 valence electrons. The van der Waals surface area contributed by atoms with Crippen molar-refractivity contribution in [3.8, 4) is 11.4 Å². The summed E-state index contributed by atoms with van der Waals surface area (Å²) in [4.78, 5) is 12.2. The molecule has 0 unspecified atom stereocenters. The maximum atomic E-state index is 12.2. The van der Waals surface area contributed by atoms with E-state index in [1.807, 2.05) is 18.2 Å². The summed E-state index contributed by atoms with van der Waals surface area (Å²) < 4.78 is 6.75. The highest BCUT2D eigenvalue weighted by Gasteiger charge is 2.11. The summed E-state index contributed by atoms with van der Waals surface area (Å²) >= 11 is 6.08. The number of hydrogen-bond acceptors (Lipinski definition) is 5. The molecular weight excluding hydrogens is 330 g/mol. The zero-order valence-corrected chi connectivity index (χ0v) is 13.6. The first-order valence-corrected chi connectivity index (χ1v) is 7.50. The lowest BCUT2D eigenvalue weighted by atomic mass is 10.1. The van der Waals surface area contributed by atoms with E-state index >= 15 is 0 Å². The second-order valence-corrected chi connectivity index (χ2v) is 5.36. The molecule has 0 aliphatic heterocycles. The maximum absolute atomic E-state index is 12.2. The Balaban J connectivity index is 1.79. The Morgan fingerprint density at radius 3 is 2.83 bits per heavy atom. The van der Waals surface area contributed by atoms with Crippen LogP contribution in [0.4, 0.5) is 5.69 Å². The Morgan fingerprint density at radius 2 is 2.12 bits per heavy atom. The molecule has 0 spiro atoms. The van der Waals surface area contributed by atoms with Gasteiger partial charge in [-0.15, -0.1) is 5.10 Å². The summed E-state index contributed by atoms with van der Waals surface area (Å²) in [7, 11) is 1.55. The first-order chi connectivity index (χ1) is 11.7. The minimum absolute atomic E-state index is 0.170. The van der Waals surface area contributed by atoms with E-state index in [0.717, 1.165) is 5.56 Å². The van der Waals surface area contributed by atoms with Crippen LogP contribution in [0.2, 0.25) is 5.02 Å². The van der Waals surface area contributed by atoms with Gasteiger partial charge in [-0.25, -0.2) is 0 Å². The van der Waals surface area contributed by atoms with Crippen LogP contribution in [0.3, 0.4) is 0 Å². The number of tetrazole rings is 1. The topological polar surface area (TPSA) is 81.9 Å². The number of nitrogens with zero attached hydrogens (tertiary/aromatic N) is 4. The van der Waals surface area contributed by atoms with E-state index in [1.54, 1.807) is 31.4 Å². The highest BCUT2D eigenvalue weighted by Crippen LogP contribution is 2.25. The van der Waals surface area contributed by atoms with Crippen LogP contribution in [-0.2, 0) is 11.2 Å². The molecule has 0 saturated heterocycles. The molecule has 0 bridgehead atoms. The fourth-order valence-electron chi connectivity index (χ4n) is 2.24. The van der Waals surface area contributed by atoms with Gasteiger partial charge in [0.25, 0.3) is 0 Å². The third-order valence-electron chi connectivity index (χ3n) is 3.37. The Bertz CT molecular complexity index is 851. The number of halogens is 1. The van der Waals surface area contributed by atoms with Gasteiger partial charge in [0.15, 0.2) is 0 Å². The SMILES string of the molecule is COc1ccc(NC(=O)Cc2ccccc2Cl)cc1-n1cnnn1. The predicted molar refractivity (Wildman–Crippen MR) is 89.5 cm³/mol. The largest absolute Gasteiger partial charge is 0.494 e. The van der Waals surface area contributed by atoms with Crippen molar-refractivity contribution in [2.24, 2.45) is 0 Å². The van der Waals surface area contributed by atoms with Crippen LogP contribution in [-0.4, -0.2) is 33.2 Å². The highest BCUT2D eigenvalue weighted by atomic mass is 35.5. The number of hydrogen-bond donors (Lipinski definition) is 1. The van der Waals surface area contributed by atoms with Crippen LogP contribution in [0.5, 0.6) is 5.75 Å². The molecule has 8 heteroatoms. The standard InChI is InChI=1S/C16H14ClN5O2/c1-24-15-7-6-12(9-14(15)22-10-18-20-21-22)19-16(23)8-11-4-2-3-5-13(11)17/h2-7,9-10H,8H2,1H3,(H,19,23). The van der Waals surface area contributed by atoms with Crippen molar-refractivity contribution in [2.45, 2.75) is 6.42 Å². The summed E-state index contributed by atoms with van der Waals surface area (Å²) in [6.45, 7) is 0. The molecule has 7 nitrogen and oxygen atoms in total. The molecule has 1 aromatic heterocycles. The Hall–Kier alpha value is -2.93. The molecule has 0 aliphatic carbocycles. The zero-order chi connectivity index (χ0) is 16.9. The predicted octanol–water partition coefficient (Wildman–Crippen LogP) is 2.51. The Kier molecular flexibility index (Phi) is 4.72. The smallest absolute Gasteiger partial charge is 0.228 e. The molecule has 1 N–H and O–H groups in total. The molecule has 0 fully saturated rings. The van der Waals surface area contributed by atoms with E-state index in [0.29, 0.717) is 22.1 Å². The van der Waals surface area contributed by atoms with Crippen molar-refractivity contribution in [1.29, 1.82) is 0 Å². The van der Waals surface area contributed by atoms with E-state index < -0.39 is 0 Å². The molecule has 0 saturated carbocycles. The van der Waals surface area contributed by atoms with Crippen LogP contribution < -0.4 is 10.1 Å². The number of anilines is 1.